The number of hydrogen-bond acceptors (Lipinski definition) is 5. The molecule has 0 bridgehead atoms. The normalized spacial score (nSPS) is 16.3. The number of nitrogens with one attached hydrogen (secondary N) is 1. The number of fused-ring (bicyclic) bond motifs is 1. The Morgan fingerprint density at radius 3 is 2.81 bits per heavy atom. The summed E-state index contributed by atoms with van der Waals surface area (Å²) in [4.78, 5) is 18.5. The molecule has 0 saturated heterocycles. The molecule has 164 valence electrons. The minimum Gasteiger partial charge on any atom is -0.457 e. The summed E-state index contributed by atoms with van der Waals surface area (Å²) in [5.41, 5.74) is 2.00. The van der Waals surface area contributed by atoms with E-state index in [1.807, 2.05) is 24.3 Å². The maximum atomic E-state index is 12.7. The summed E-state index contributed by atoms with van der Waals surface area (Å²) < 4.78 is 5.79. The Bertz CT molecular complexity index is 1230. The highest BCUT2D eigenvalue weighted by Gasteiger charge is 2.31. The van der Waals surface area contributed by atoms with Gasteiger partial charge in [-0.15, -0.1) is 11.3 Å². The first-order chi connectivity index (χ1) is 15.2. The van der Waals surface area contributed by atoms with Gasteiger partial charge in [-0.05, 0) is 54.9 Å². The largest absolute Gasteiger partial charge is 0.457 e. The number of hydrogen-bond donors (Lipinski definition) is 1. The van der Waals surface area contributed by atoms with Gasteiger partial charge in [0.15, 0.2) is 5.13 Å². The van der Waals surface area contributed by atoms with Crippen LogP contribution < -0.4 is 5.32 Å². The molecule has 0 saturated carbocycles. The lowest BCUT2D eigenvalue weighted by Gasteiger charge is -2.33. The van der Waals surface area contributed by atoms with E-state index < -0.39 is 5.91 Å². The zero-order valence-corrected chi connectivity index (χ0v) is 19.8. The van der Waals surface area contributed by atoms with Crippen LogP contribution in [0.4, 0.5) is 5.13 Å². The fraction of sp³-hybridized carbons (Fsp3) is 0.320. The van der Waals surface area contributed by atoms with Crippen LogP contribution in [0.2, 0.25) is 5.02 Å². The molecule has 0 aliphatic heterocycles. The van der Waals surface area contributed by atoms with Crippen LogP contribution in [0.5, 0.6) is 0 Å². The molecule has 7 heteroatoms. The first-order valence-corrected chi connectivity index (χ1v) is 11.7. The molecule has 0 radical (unpaired) electrons. The van der Waals surface area contributed by atoms with Crippen molar-refractivity contribution in [2.45, 2.75) is 40.0 Å². The Balaban J connectivity index is 1.49. The molecule has 3 aromatic rings. The molecule has 2 heterocycles. The average Bonchev–Trinajstić information content (AvgIpc) is 3.37. The molecule has 1 unspecified atom stereocenters. The van der Waals surface area contributed by atoms with Crippen molar-refractivity contribution in [3.8, 4) is 17.4 Å². The van der Waals surface area contributed by atoms with Gasteiger partial charge in [-0.1, -0.05) is 44.5 Å². The van der Waals surface area contributed by atoms with Gasteiger partial charge in [-0.25, -0.2) is 4.98 Å². The van der Waals surface area contributed by atoms with Crippen molar-refractivity contribution < 1.29 is 9.21 Å². The molecule has 1 aliphatic carbocycles. The van der Waals surface area contributed by atoms with Crippen molar-refractivity contribution in [2.24, 2.45) is 11.3 Å². The maximum absolute atomic E-state index is 12.7. The lowest BCUT2D eigenvalue weighted by Crippen LogP contribution is -2.26. The van der Waals surface area contributed by atoms with E-state index in [0.29, 0.717) is 27.6 Å². The number of carbonyl (C=O) groups excluding carboxylic acids is 1. The Labute approximate surface area is 196 Å². The van der Waals surface area contributed by atoms with E-state index in [-0.39, 0.29) is 11.0 Å². The minimum absolute atomic E-state index is 0.0502. The van der Waals surface area contributed by atoms with Gasteiger partial charge in [0.2, 0.25) is 0 Å². The Hall–Kier alpha value is -2.88. The number of benzene rings is 1. The minimum atomic E-state index is -0.498. The van der Waals surface area contributed by atoms with Gasteiger partial charge in [0.25, 0.3) is 5.91 Å². The van der Waals surface area contributed by atoms with Crippen LogP contribution in [-0.2, 0) is 17.6 Å². The molecule has 1 aliphatic rings. The molecule has 1 aromatic carbocycles. The van der Waals surface area contributed by atoms with Crippen molar-refractivity contribution in [3.63, 3.8) is 0 Å². The average molecular weight is 466 g/mol. The number of thiazole rings is 1. The van der Waals surface area contributed by atoms with Crippen LogP contribution in [-0.4, -0.2) is 10.9 Å². The number of aromatic nitrogens is 1. The van der Waals surface area contributed by atoms with Crippen LogP contribution in [0, 0.1) is 22.7 Å². The van der Waals surface area contributed by atoms with Gasteiger partial charge in [-0.3, -0.25) is 10.1 Å². The number of halogens is 1. The van der Waals surface area contributed by atoms with Crippen molar-refractivity contribution in [1.82, 2.24) is 4.98 Å². The molecule has 4 rings (SSSR count). The fourth-order valence-corrected chi connectivity index (χ4v) is 5.17. The molecule has 32 heavy (non-hydrogen) atoms. The fourth-order valence-electron chi connectivity index (χ4n) is 3.86. The van der Waals surface area contributed by atoms with Gasteiger partial charge >= 0.3 is 0 Å². The van der Waals surface area contributed by atoms with E-state index in [0.717, 1.165) is 30.5 Å². The summed E-state index contributed by atoms with van der Waals surface area (Å²) in [7, 11) is 0. The maximum Gasteiger partial charge on any atom is 0.268 e. The van der Waals surface area contributed by atoms with E-state index in [9.17, 15) is 10.1 Å². The van der Waals surface area contributed by atoms with Crippen molar-refractivity contribution in [3.05, 3.63) is 63.3 Å². The number of amides is 1. The molecule has 2 aromatic heterocycles. The number of furan rings is 1. The topological polar surface area (TPSA) is 78.9 Å². The first-order valence-electron chi connectivity index (χ1n) is 10.5. The summed E-state index contributed by atoms with van der Waals surface area (Å²) in [6, 6.07) is 12.8. The molecule has 1 N–H and O–H groups in total. The highest BCUT2D eigenvalue weighted by Crippen LogP contribution is 2.40. The molecule has 1 amide bonds. The third kappa shape index (κ3) is 4.79. The molecular formula is C25H24ClN3O2S. The summed E-state index contributed by atoms with van der Waals surface area (Å²) in [5.74, 6) is 1.07. The standard InChI is InChI=1S/C25H24ClN3O2S/c1-25(2,3)16-8-10-20-22(13-16)32-24(28-20)29-23(30)15(14-27)12-17-9-11-21(31-17)18-6-4-5-7-19(18)26/h4-7,9,11-12,16H,8,10,13H2,1-3H3,(H,28,29,30)/b15-12+. The van der Waals surface area contributed by atoms with E-state index in [1.54, 1.807) is 18.2 Å². The van der Waals surface area contributed by atoms with E-state index >= 15 is 0 Å². The number of aryl methyl sites for hydroxylation is 1. The first kappa shape index (κ1) is 22.3. The quantitative estimate of drug-likeness (QED) is 0.341. The Morgan fingerprint density at radius 2 is 2.09 bits per heavy atom. The molecular weight excluding hydrogens is 442 g/mol. The Morgan fingerprint density at radius 1 is 1.31 bits per heavy atom. The zero-order chi connectivity index (χ0) is 22.9. The van der Waals surface area contributed by atoms with Crippen LogP contribution in [0.15, 0.2) is 46.4 Å². The van der Waals surface area contributed by atoms with Gasteiger partial charge in [-0.2, -0.15) is 5.26 Å². The van der Waals surface area contributed by atoms with Crippen molar-refractivity contribution in [2.75, 3.05) is 5.32 Å². The second-order valence-corrected chi connectivity index (χ2v) is 10.5. The second-order valence-electron chi connectivity index (χ2n) is 9.00. The highest BCUT2D eigenvalue weighted by atomic mass is 35.5. The molecule has 5 nitrogen and oxygen atoms in total. The van der Waals surface area contributed by atoms with Crippen LogP contribution >= 0.6 is 22.9 Å². The lowest BCUT2D eigenvalue weighted by molar-refractivity contribution is -0.112. The Kier molecular flexibility index (Phi) is 6.23. The predicted molar refractivity (Wildman–Crippen MR) is 128 cm³/mol. The van der Waals surface area contributed by atoms with Crippen molar-refractivity contribution >= 4 is 40.1 Å². The van der Waals surface area contributed by atoms with Crippen LogP contribution in [0.1, 0.15) is 43.5 Å². The lowest BCUT2D eigenvalue weighted by atomic mass is 9.73. The third-order valence-corrected chi connectivity index (χ3v) is 7.17. The summed E-state index contributed by atoms with van der Waals surface area (Å²) in [6.45, 7) is 6.80. The second kappa shape index (κ2) is 8.93. The van der Waals surface area contributed by atoms with Gasteiger partial charge in [0.05, 0.1) is 10.7 Å². The summed E-state index contributed by atoms with van der Waals surface area (Å²) in [5, 5.41) is 13.4. The zero-order valence-electron chi connectivity index (χ0n) is 18.2. The predicted octanol–water partition coefficient (Wildman–Crippen LogP) is 6.75. The molecule has 0 spiro atoms. The van der Waals surface area contributed by atoms with Gasteiger partial charge in [0.1, 0.15) is 23.2 Å². The third-order valence-electron chi connectivity index (χ3n) is 5.80. The number of rotatable bonds is 4. The molecule has 1 atom stereocenters. The number of carbonyl (C=O) groups is 1. The number of anilines is 1. The van der Waals surface area contributed by atoms with Crippen LogP contribution in [0.3, 0.4) is 0 Å². The monoisotopic (exact) mass is 465 g/mol. The van der Waals surface area contributed by atoms with E-state index in [2.05, 4.69) is 31.1 Å². The highest BCUT2D eigenvalue weighted by molar-refractivity contribution is 7.15. The van der Waals surface area contributed by atoms with Gasteiger partial charge in [0, 0.05) is 16.5 Å². The van der Waals surface area contributed by atoms with Crippen LogP contribution in [0.25, 0.3) is 17.4 Å². The molecule has 0 fully saturated rings. The number of nitrogens with zero attached hydrogens (tertiary/aromatic N) is 2. The SMILES string of the molecule is CC(C)(C)C1CCc2nc(NC(=O)/C(C#N)=C/c3ccc(-c4ccccc4Cl)o3)sc2C1. The summed E-state index contributed by atoms with van der Waals surface area (Å²) in [6.07, 6.45) is 4.42. The smallest absolute Gasteiger partial charge is 0.268 e. The van der Waals surface area contributed by atoms with Crippen molar-refractivity contribution in [1.29, 1.82) is 5.26 Å². The van der Waals surface area contributed by atoms with E-state index in [4.69, 9.17) is 16.0 Å². The summed E-state index contributed by atoms with van der Waals surface area (Å²) >= 11 is 7.72. The number of nitriles is 1. The van der Waals surface area contributed by atoms with E-state index in [1.165, 1.54) is 22.3 Å². The van der Waals surface area contributed by atoms with Gasteiger partial charge < -0.3 is 4.42 Å².